The van der Waals surface area contributed by atoms with Crippen molar-refractivity contribution < 1.29 is 4.74 Å². The summed E-state index contributed by atoms with van der Waals surface area (Å²) in [7, 11) is 1.66. The van der Waals surface area contributed by atoms with Crippen LogP contribution in [0.2, 0.25) is 0 Å². The first kappa shape index (κ1) is 15.0. The van der Waals surface area contributed by atoms with E-state index in [0.717, 1.165) is 34.3 Å². The minimum atomic E-state index is -0.0913. The van der Waals surface area contributed by atoms with E-state index in [-0.39, 0.29) is 6.04 Å². The van der Waals surface area contributed by atoms with E-state index in [4.69, 9.17) is 10.5 Å². The van der Waals surface area contributed by atoms with E-state index in [9.17, 15) is 0 Å². The molecule has 1 aromatic carbocycles. The molecule has 0 fully saturated rings. The van der Waals surface area contributed by atoms with Crippen LogP contribution in [-0.4, -0.2) is 12.1 Å². The van der Waals surface area contributed by atoms with E-state index >= 15 is 0 Å². The number of rotatable bonds is 5. The van der Waals surface area contributed by atoms with Crippen LogP contribution in [0.3, 0.4) is 0 Å². The summed E-state index contributed by atoms with van der Waals surface area (Å²) in [6.45, 7) is 2.12. The van der Waals surface area contributed by atoms with E-state index < -0.39 is 0 Å². The van der Waals surface area contributed by atoms with Gasteiger partial charge in [0.05, 0.1) is 23.3 Å². The van der Waals surface area contributed by atoms with Crippen LogP contribution in [0.25, 0.3) is 0 Å². The van der Waals surface area contributed by atoms with Gasteiger partial charge in [0.1, 0.15) is 5.75 Å². The lowest BCUT2D eigenvalue weighted by Crippen LogP contribution is -2.17. The third-order valence-corrected chi connectivity index (χ3v) is 3.95. The summed E-state index contributed by atoms with van der Waals surface area (Å²) in [5.41, 5.74) is 9.68. The molecule has 1 unspecified atom stereocenters. The summed E-state index contributed by atoms with van der Waals surface area (Å²) in [4.78, 5) is 4.44. The van der Waals surface area contributed by atoms with E-state index in [1.807, 2.05) is 24.3 Å². The molecule has 1 aromatic heterocycles. The predicted octanol–water partition coefficient (Wildman–Crippen LogP) is 3.66. The van der Waals surface area contributed by atoms with Gasteiger partial charge in [-0.3, -0.25) is 4.98 Å². The van der Waals surface area contributed by atoms with Crippen LogP contribution in [0.5, 0.6) is 5.75 Å². The Labute approximate surface area is 128 Å². The zero-order valence-electron chi connectivity index (χ0n) is 11.8. The van der Waals surface area contributed by atoms with Crippen molar-refractivity contribution in [1.29, 1.82) is 0 Å². The maximum atomic E-state index is 6.31. The predicted molar refractivity (Wildman–Crippen MR) is 84.9 cm³/mol. The minimum absolute atomic E-state index is 0.0913. The smallest absolute Gasteiger partial charge is 0.133 e. The SMILES string of the molecule is CCc1cccnc1C(N)Cc1ccc(OC)c(Br)c1. The normalized spacial score (nSPS) is 12.2. The van der Waals surface area contributed by atoms with Gasteiger partial charge in [0, 0.05) is 6.20 Å². The van der Waals surface area contributed by atoms with Gasteiger partial charge in [0.25, 0.3) is 0 Å². The molecule has 4 heteroatoms. The fourth-order valence-electron chi connectivity index (χ4n) is 2.27. The molecule has 0 aliphatic rings. The second-order valence-corrected chi connectivity index (χ2v) is 5.54. The monoisotopic (exact) mass is 334 g/mol. The van der Waals surface area contributed by atoms with Crippen molar-refractivity contribution in [1.82, 2.24) is 4.98 Å². The summed E-state index contributed by atoms with van der Waals surface area (Å²) in [5, 5.41) is 0. The largest absolute Gasteiger partial charge is 0.496 e. The van der Waals surface area contributed by atoms with Crippen LogP contribution in [0.4, 0.5) is 0 Å². The van der Waals surface area contributed by atoms with E-state index in [1.54, 1.807) is 13.3 Å². The Morgan fingerprint density at radius 1 is 1.35 bits per heavy atom. The van der Waals surface area contributed by atoms with Crippen molar-refractivity contribution in [2.24, 2.45) is 5.73 Å². The number of benzene rings is 1. The standard InChI is InChI=1S/C16H19BrN2O/c1-3-12-5-4-8-19-16(12)14(18)10-11-6-7-15(20-2)13(17)9-11/h4-9,14H,3,10,18H2,1-2H3. The van der Waals surface area contributed by atoms with E-state index in [1.165, 1.54) is 5.56 Å². The Kier molecular flexibility index (Phi) is 5.15. The van der Waals surface area contributed by atoms with Gasteiger partial charge in [-0.05, 0) is 58.1 Å². The number of halogens is 1. The molecule has 0 bridgehead atoms. The molecule has 0 aliphatic heterocycles. The molecule has 106 valence electrons. The van der Waals surface area contributed by atoms with Crippen molar-refractivity contribution in [3.8, 4) is 5.75 Å². The molecular formula is C16H19BrN2O. The highest BCUT2D eigenvalue weighted by Gasteiger charge is 2.13. The lowest BCUT2D eigenvalue weighted by Gasteiger charge is -2.15. The molecule has 0 saturated heterocycles. The highest BCUT2D eigenvalue weighted by Crippen LogP contribution is 2.27. The van der Waals surface area contributed by atoms with Gasteiger partial charge in [-0.2, -0.15) is 0 Å². The highest BCUT2D eigenvalue weighted by atomic mass is 79.9. The quantitative estimate of drug-likeness (QED) is 0.907. The average Bonchev–Trinajstić information content (AvgIpc) is 2.47. The topological polar surface area (TPSA) is 48.1 Å². The zero-order chi connectivity index (χ0) is 14.5. The number of nitrogens with zero attached hydrogens (tertiary/aromatic N) is 1. The second kappa shape index (κ2) is 6.86. The maximum absolute atomic E-state index is 6.31. The van der Waals surface area contributed by atoms with Gasteiger partial charge >= 0.3 is 0 Å². The molecule has 2 N–H and O–H groups in total. The van der Waals surface area contributed by atoms with Crippen LogP contribution in [0.1, 0.15) is 29.8 Å². The number of ether oxygens (including phenoxy) is 1. The van der Waals surface area contributed by atoms with Gasteiger partial charge in [0.2, 0.25) is 0 Å². The molecule has 0 amide bonds. The number of hydrogen-bond donors (Lipinski definition) is 1. The molecule has 20 heavy (non-hydrogen) atoms. The highest BCUT2D eigenvalue weighted by molar-refractivity contribution is 9.10. The lowest BCUT2D eigenvalue weighted by atomic mass is 9.99. The van der Waals surface area contributed by atoms with Crippen molar-refractivity contribution in [2.45, 2.75) is 25.8 Å². The molecular weight excluding hydrogens is 316 g/mol. The molecule has 0 radical (unpaired) electrons. The van der Waals surface area contributed by atoms with Crippen LogP contribution in [0.15, 0.2) is 41.0 Å². The number of nitrogens with two attached hydrogens (primary N) is 1. The second-order valence-electron chi connectivity index (χ2n) is 4.68. The zero-order valence-corrected chi connectivity index (χ0v) is 13.4. The van der Waals surface area contributed by atoms with Crippen LogP contribution in [0, 0.1) is 0 Å². The Balaban J connectivity index is 2.19. The Hall–Kier alpha value is -1.39. The summed E-state index contributed by atoms with van der Waals surface area (Å²) in [6.07, 6.45) is 3.51. The van der Waals surface area contributed by atoms with Gasteiger partial charge in [-0.25, -0.2) is 0 Å². The fourth-order valence-corrected chi connectivity index (χ4v) is 2.86. The molecule has 0 aliphatic carbocycles. The molecule has 0 spiro atoms. The van der Waals surface area contributed by atoms with Gasteiger partial charge < -0.3 is 10.5 Å². The molecule has 1 atom stereocenters. The van der Waals surface area contributed by atoms with Crippen LogP contribution in [-0.2, 0) is 12.8 Å². The maximum Gasteiger partial charge on any atom is 0.133 e. The van der Waals surface area contributed by atoms with E-state index in [2.05, 4.69) is 33.9 Å². The molecule has 2 aromatic rings. The van der Waals surface area contributed by atoms with Crippen molar-refractivity contribution >= 4 is 15.9 Å². The number of methoxy groups -OCH3 is 1. The summed E-state index contributed by atoms with van der Waals surface area (Å²) < 4.78 is 6.18. The number of pyridine rings is 1. The number of aromatic nitrogens is 1. The summed E-state index contributed by atoms with van der Waals surface area (Å²) in [6, 6.07) is 9.99. The van der Waals surface area contributed by atoms with Crippen molar-refractivity contribution in [3.05, 3.63) is 57.8 Å². The Bertz CT molecular complexity index is 586. The van der Waals surface area contributed by atoms with E-state index in [0.29, 0.717) is 0 Å². The average molecular weight is 335 g/mol. The van der Waals surface area contributed by atoms with Gasteiger partial charge in [0.15, 0.2) is 0 Å². The Morgan fingerprint density at radius 3 is 2.80 bits per heavy atom. The van der Waals surface area contributed by atoms with Crippen LogP contribution < -0.4 is 10.5 Å². The van der Waals surface area contributed by atoms with Gasteiger partial charge in [-0.15, -0.1) is 0 Å². The molecule has 3 nitrogen and oxygen atoms in total. The third kappa shape index (κ3) is 3.38. The summed E-state index contributed by atoms with van der Waals surface area (Å²) in [5.74, 6) is 0.828. The first-order valence-electron chi connectivity index (χ1n) is 6.67. The third-order valence-electron chi connectivity index (χ3n) is 3.33. The van der Waals surface area contributed by atoms with Crippen molar-refractivity contribution in [2.75, 3.05) is 7.11 Å². The number of aryl methyl sites for hydroxylation is 1. The first-order valence-corrected chi connectivity index (χ1v) is 7.46. The summed E-state index contributed by atoms with van der Waals surface area (Å²) >= 11 is 3.50. The molecule has 0 saturated carbocycles. The molecule has 2 rings (SSSR count). The number of hydrogen-bond acceptors (Lipinski definition) is 3. The molecule has 1 heterocycles. The van der Waals surface area contributed by atoms with Crippen molar-refractivity contribution in [3.63, 3.8) is 0 Å². The lowest BCUT2D eigenvalue weighted by molar-refractivity contribution is 0.412. The first-order chi connectivity index (χ1) is 9.65. The fraction of sp³-hybridized carbons (Fsp3) is 0.312. The van der Waals surface area contributed by atoms with Crippen LogP contribution >= 0.6 is 15.9 Å². The Morgan fingerprint density at radius 2 is 2.15 bits per heavy atom. The minimum Gasteiger partial charge on any atom is -0.496 e. The van der Waals surface area contributed by atoms with Gasteiger partial charge in [-0.1, -0.05) is 19.1 Å².